The number of anilines is 1. The standard InChI is InChI=1S/C26H26F4N4O/c1-15(2)34-7-8-35-25-21(27)11-19(12-22(25)34)24-20(26(28,29)30)14-32-23(33-24)10-16-3-4-18-13-31-6-5-17(18)9-16/h3-4,9,11-12,14-15,31H,5-8,10,13H2,1-2H3. The molecule has 2 aromatic carbocycles. The Hall–Kier alpha value is -3.20. The normalized spacial score (nSPS) is 15.6. The summed E-state index contributed by atoms with van der Waals surface area (Å²) < 4.78 is 62.2. The number of halogens is 4. The second-order valence-corrected chi connectivity index (χ2v) is 9.19. The number of hydrogen-bond acceptors (Lipinski definition) is 5. The maximum absolute atomic E-state index is 15.0. The minimum atomic E-state index is -4.69. The quantitative estimate of drug-likeness (QED) is 0.518. The van der Waals surface area contributed by atoms with E-state index >= 15 is 4.39 Å². The molecule has 0 bridgehead atoms. The van der Waals surface area contributed by atoms with Gasteiger partial charge in [-0.3, -0.25) is 0 Å². The number of nitrogens with zero attached hydrogens (tertiary/aromatic N) is 3. The van der Waals surface area contributed by atoms with E-state index in [1.165, 1.54) is 17.2 Å². The molecule has 1 N–H and O–H groups in total. The highest BCUT2D eigenvalue weighted by molar-refractivity contribution is 5.74. The minimum absolute atomic E-state index is 0.0227. The van der Waals surface area contributed by atoms with Gasteiger partial charge >= 0.3 is 6.18 Å². The second kappa shape index (κ2) is 9.11. The number of hydrogen-bond donors (Lipinski definition) is 1. The lowest BCUT2D eigenvalue weighted by atomic mass is 9.97. The molecule has 0 amide bonds. The third-order valence-corrected chi connectivity index (χ3v) is 6.47. The van der Waals surface area contributed by atoms with Crippen molar-refractivity contribution in [1.82, 2.24) is 15.3 Å². The molecular formula is C26H26F4N4O. The highest BCUT2D eigenvalue weighted by atomic mass is 19.4. The van der Waals surface area contributed by atoms with Crippen LogP contribution in [0.5, 0.6) is 5.75 Å². The monoisotopic (exact) mass is 486 g/mol. The summed E-state index contributed by atoms with van der Waals surface area (Å²) >= 11 is 0. The van der Waals surface area contributed by atoms with E-state index in [9.17, 15) is 13.2 Å². The Labute approximate surface area is 201 Å². The molecule has 2 aliphatic heterocycles. The fraction of sp³-hybridized carbons (Fsp3) is 0.385. The number of ether oxygens (including phenoxy) is 1. The van der Waals surface area contributed by atoms with Crippen LogP contribution >= 0.6 is 0 Å². The Balaban J connectivity index is 1.57. The van der Waals surface area contributed by atoms with Crippen LogP contribution in [-0.2, 0) is 25.6 Å². The lowest BCUT2D eigenvalue weighted by Gasteiger charge is -2.35. The maximum Gasteiger partial charge on any atom is 0.419 e. The van der Waals surface area contributed by atoms with Crippen molar-refractivity contribution in [3.8, 4) is 17.0 Å². The lowest BCUT2D eigenvalue weighted by Crippen LogP contribution is -2.38. The van der Waals surface area contributed by atoms with Gasteiger partial charge in [0.1, 0.15) is 18.0 Å². The molecular weight excluding hydrogens is 460 g/mol. The van der Waals surface area contributed by atoms with Crippen molar-refractivity contribution >= 4 is 5.69 Å². The van der Waals surface area contributed by atoms with Gasteiger partial charge in [-0.15, -0.1) is 0 Å². The topological polar surface area (TPSA) is 50.3 Å². The number of rotatable bonds is 4. The van der Waals surface area contributed by atoms with Crippen LogP contribution in [0.3, 0.4) is 0 Å². The molecule has 35 heavy (non-hydrogen) atoms. The SMILES string of the molecule is CC(C)N1CCOc2c(F)cc(-c3nc(Cc4ccc5c(c4)CCNC5)ncc3C(F)(F)F)cc21. The number of aromatic nitrogens is 2. The first-order chi connectivity index (χ1) is 16.7. The summed E-state index contributed by atoms with van der Waals surface area (Å²) in [5, 5.41) is 3.32. The molecule has 0 atom stereocenters. The van der Waals surface area contributed by atoms with Gasteiger partial charge in [-0.25, -0.2) is 14.4 Å². The Morgan fingerprint density at radius 1 is 1.14 bits per heavy atom. The summed E-state index contributed by atoms with van der Waals surface area (Å²) in [7, 11) is 0. The summed E-state index contributed by atoms with van der Waals surface area (Å²) in [6, 6.07) is 8.66. The highest BCUT2D eigenvalue weighted by Crippen LogP contribution is 2.42. The average Bonchev–Trinajstić information content (AvgIpc) is 2.83. The predicted octanol–water partition coefficient (Wildman–Crippen LogP) is 5.15. The molecule has 0 radical (unpaired) electrons. The van der Waals surface area contributed by atoms with Gasteiger partial charge in [-0.2, -0.15) is 13.2 Å². The van der Waals surface area contributed by atoms with E-state index in [-0.39, 0.29) is 35.3 Å². The van der Waals surface area contributed by atoms with Crippen molar-refractivity contribution in [3.05, 3.63) is 70.4 Å². The van der Waals surface area contributed by atoms with Gasteiger partial charge in [0, 0.05) is 30.8 Å². The number of alkyl halides is 3. The van der Waals surface area contributed by atoms with Gasteiger partial charge in [0.2, 0.25) is 0 Å². The average molecular weight is 487 g/mol. The van der Waals surface area contributed by atoms with Gasteiger partial charge < -0.3 is 15.0 Å². The van der Waals surface area contributed by atoms with Crippen LogP contribution in [0.25, 0.3) is 11.3 Å². The van der Waals surface area contributed by atoms with Crippen molar-refractivity contribution in [3.63, 3.8) is 0 Å². The Bertz CT molecular complexity index is 1260. The van der Waals surface area contributed by atoms with Crippen LogP contribution in [0.2, 0.25) is 0 Å². The van der Waals surface area contributed by atoms with E-state index in [2.05, 4.69) is 21.4 Å². The van der Waals surface area contributed by atoms with Gasteiger partial charge in [-0.05, 0) is 55.6 Å². The molecule has 184 valence electrons. The molecule has 5 nitrogen and oxygen atoms in total. The van der Waals surface area contributed by atoms with E-state index in [1.54, 1.807) is 0 Å². The Morgan fingerprint density at radius 2 is 1.97 bits per heavy atom. The summed E-state index contributed by atoms with van der Waals surface area (Å²) in [6.45, 7) is 6.40. The number of nitrogens with one attached hydrogen (secondary N) is 1. The Morgan fingerprint density at radius 3 is 2.74 bits per heavy atom. The fourth-order valence-corrected chi connectivity index (χ4v) is 4.73. The van der Waals surface area contributed by atoms with Gasteiger partial charge in [-0.1, -0.05) is 18.2 Å². The molecule has 5 rings (SSSR count). The van der Waals surface area contributed by atoms with Crippen LogP contribution in [0.4, 0.5) is 23.2 Å². The Kier molecular flexibility index (Phi) is 6.13. The third kappa shape index (κ3) is 4.69. The molecule has 3 aromatic rings. The van der Waals surface area contributed by atoms with Gasteiger partial charge in [0.05, 0.1) is 17.9 Å². The zero-order valence-corrected chi connectivity index (χ0v) is 19.5. The molecule has 0 fully saturated rings. The molecule has 0 saturated carbocycles. The van der Waals surface area contributed by atoms with Crippen LogP contribution in [0.1, 0.15) is 41.9 Å². The molecule has 2 aliphatic rings. The first kappa shape index (κ1) is 23.5. The minimum Gasteiger partial charge on any atom is -0.486 e. The van der Waals surface area contributed by atoms with Crippen LogP contribution in [0.15, 0.2) is 36.5 Å². The molecule has 0 unspecified atom stereocenters. The van der Waals surface area contributed by atoms with Crippen LogP contribution in [0, 0.1) is 5.82 Å². The third-order valence-electron chi connectivity index (χ3n) is 6.47. The van der Waals surface area contributed by atoms with Crippen molar-refractivity contribution in [1.29, 1.82) is 0 Å². The summed E-state index contributed by atoms with van der Waals surface area (Å²) in [4.78, 5) is 10.2. The zero-order chi connectivity index (χ0) is 24.7. The number of fused-ring (bicyclic) bond motifs is 2. The van der Waals surface area contributed by atoms with E-state index in [1.807, 2.05) is 30.9 Å². The van der Waals surface area contributed by atoms with Gasteiger partial charge in [0.25, 0.3) is 0 Å². The second-order valence-electron chi connectivity index (χ2n) is 9.19. The molecule has 3 heterocycles. The first-order valence-corrected chi connectivity index (χ1v) is 11.7. The van der Waals surface area contributed by atoms with Crippen molar-refractivity contribution < 1.29 is 22.3 Å². The zero-order valence-electron chi connectivity index (χ0n) is 19.5. The van der Waals surface area contributed by atoms with Crippen molar-refractivity contribution in [2.75, 3.05) is 24.6 Å². The van der Waals surface area contributed by atoms with E-state index < -0.39 is 17.6 Å². The fourth-order valence-electron chi connectivity index (χ4n) is 4.73. The molecule has 0 aliphatic carbocycles. The van der Waals surface area contributed by atoms with Gasteiger partial charge in [0.15, 0.2) is 11.6 Å². The molecule has 1 aromatic heterocycles. The van der Waals surface area contributed by atoms with Crippen LogP contribution in [-0.4, -0.2) is 35.7 Å². The predicted molar refractivity (Wildman–Crippen MR) is 125 cm³/mol. The largest absolute Gasteiger partial charge is 0.486 e. The smallest absolute Gasteiger partial charge is 0.419 e. The summed E-state index contributed by atoms with van der Waals surface area (Å²) in [5.41, 5.74) is 2.51. The van der Waals surface area contributed by atoms with E-state index in [4.69, 9.17) is 4.74 Å². The maximum atomic E-state index is 15.0. The first-order valence-electron chi connectivity index (χ1n) is 11.7. The summed E-state index contributed by atoms with van der Waals surface area (Å²) in [6.07, 6.45) is -2.72. The molecule has 9 heteroatoms. The van der Waals surface area contributed by atoms with Crippen molar-refractivity contribution in [2.24, 2.45) is 0 Å². The van der Waals surface area contributed by atoms with E-state index in [0.717, 1.165) is 37.3 Å². The lowest BCUT2D eigenvalue weighted by molar-refractivity contribution is -0.137. The van der Waals surface area contributed by atoms with E-state index in [0.29, 0.717) is 18.8 Å². The number of benzene rings is 2. The van der Waals surface area contributed by atoms with Crippen molar-refractivity contribution in [2.45, 2.75) is 45.5 Å². The van der Waals surface area contributed by atoms with Crippen LogP contribution < -0.4 is 15.0 Å². The highest BCUT2D eigenvalue weighted by Gasteiger charge is 2.36. The summed E-state index contributed by atoms with van der Waals surface area (Å²) in [5.74, 6) is -0.406. The molecule has 0 spiro atoms. The molecule has 0 saturated heterocycles.